The van der Waals surface area contributed by atoms with E-state index in [1.807, 2.05) is 0 Å². The molecule has 0 bridgehead atoms. The highest BCUT2D eigenvalue weighted by atomic mass is 35.5. The van der Waals surface area contributed by atoms with Crippen LogP contribution in [0.3, 0.4) is 0 Å². The second kappa shape index (κ2) is 8.22. The predicted octanol–water partition coefficient (Wildman–Crippen LogP) is 1.39. The van der Waals surface area contributed by atoms with Crippen molar-refractivity contribution in [2.24, 2.45) is 5.73 Å². The molecule has 0 unspecified atom stereocenters. The molecule has 2 N–H and O–H groups in total. The van der Waals surface area contributed by atoms with Crippen molar-refractivity contribution in [3.05, 3.63) is 34.9 Å². The van der Waals surface area contributed by atoms with Crippen LogP contribution in [0.1, 0.15) is 16.8 Å². The summed E-state index contributed by atoms with van der Waals surface area (Å²) < 4.78 is 0. The lowest BCUT2D eigenvalue weighted by Crippen LogP contribution is -2.50. The first kappa shape index (κ1) is 17.8. The zero-order chi connectivity index (χ0) is 14.5. The second-order valence-electron chi connectivity index (χ2n) is 4.72. The minimum absolute atomic E-state index is 0. The van der Waals surface area contributed by atoms with Gasteiger partial charge in [0, 0.05) is 49.7 Å². The maximum Gasteiger partial charge on any atom is 0.253 e. The van der Waals surface area contributed by atoms with Crippen molar-refractivity contribution in [2.45, 2.75) is 6.42 Å². The number of piperazine rings is 1. The highest BCUT2D eigenvalue weighted by Crippen LogP contribution is 2.13. The van der Waals surface area contributed by atoms with Gasteiger partial charge >= 0.3 is 0 Å². The predicted molar refractivity (Wildman–Crippen MR) is 84.9 cm³/mol. The van der Waals surface area contributed by atoms with Crippen LogP contribution in [0.5, 0.6) is 0 Å². The van der Waals surface area contributed by atoms with Crippen molar-refractivity contribution in [3.8, 4) is 0 Å². The van der Waals surface area contributed by atoms with Gasteiger partial charge in [0.2, 0.25) is 5.91 Å². The number of nitrogens with zero attached hydrogens (tertiary/aromatic N) is 2. The van der Waals surface area contributed by atoms with E-state index in [1.165, 1.54) is 0 Å². The first-order valence-electron chi connectivity index (χ1n) is 6.64. The minimum atomic E-state index is -0.0207. The van der Waals surface area contributed by atoms with Crippen molar-refractivity contribution >= 4 is 35.8 Å². The van der Waals surface area contributed by atoms with Crippen LogP contribution in [0.4, 0.5) is 0 Å². The van der Waals surface area contributed by atoms with Crippen molar-refractivity contribution in [1.82, 2.24) is 9.80 Å². The molecule has 2 rings (SSSR count). The number of nitrogens with two attached hydrogens (primary N) is 1. The summed E-state index contributed by atoms with van der Waals surface area (Å²) in [5.74, 6) is 0.0404. The second-order valence-corrected chi connectivity index (χ2v) is 5.15. The SMILES string of the molecule is Cl.NCCC(=O)N1CCN(C(=O)c2ccc(Cl)cc2)CC1. The molecule has 116 valence electrons. The number of carbonyl (C=O) groups excluding carboxylic acids is 2. The van der Waals surface area contributed by atoms with Crippen LogP contribution >= 0.6 is 24.0 Å². The van der Waals surface area contributed by atoms with Gasteiger partial charge in [0.1, 0.15) is 0 Å². The number of carbonyl (C=O) groups is 2. The van der Waals surface area contributed by atoms with Crippen LogP contribution in [-0.4, -0.2) is 54.3 Å². The molecule has 0 atom stereocenters. The Bertz CT molecular complexity index is 485. The topological polar surface area (TPSA) is 66.6 Å². The van der Waals surface area contributed by atoms with E-state index in [4.69, 9.17) is 17.3 Å². The van der Waals surface area contributed by atoms with Gasteiger partial charge < -0.3 is 15.5 Å². The molecule has 1 fully saturated rings. The van der Waals surface area contributed by atoms with Gasteiger partial charge in [-0.2, -0.15) is 0 Å². The third-order valence-corrected chi connectivity index (χ3v) is 3.62. The first-order chi connectivity index (χ1) is 9.61. The van der Waals surface area contributed by atoms with Crippen LogP contribution in [-0.2, 0) is 4.79 Å². The molecule has 2 amide bonds. The Balaban J connectivity index is 0.00000220. The lowest BCUT2D eigenvalue weighted by atomic mass is 10.2. The van der Waals surface area contributed by atoms with Crippen molar-refractivity contribution in [3.63, 3.8) is 0 Å². The number of benzene rings is 1. The Hall–Kier alpha value is -1.30. The lowest BCUT2D eigenvalue weighted by molar-refractivity contribution is -0.132. The van der Waals surface area contributed by atoms with Crippen molar-refractivity contribution in [1.29, 1.82) is 0 Å². The Labute approximate surface area is 135 Å². The largest absolute Gasteiger partial charge is 0.339 e. The van der Waals surface area contributed by atoms with Gasteiger partial charge in [0.15, 0.2) is 0 Å². The van der Waals surface area contributed by atoms with Crippen LogP contribution in [0.25, 0.3) is 0 Å². The molecule has 21 heavy (non-hydrogen) atoms. The number of hydrogen-bond donors (Lipinski definition) is 1. The zero-order valence-electron chi connectivity index (χ0n) is 11.6. The summed E-state index contributed by atoms with van der Waals surface area (Å²) in [5, 5.41) is 0.610. The van der Waals surface area contributed by atoms with Crippen molar-refractivity contribution < 1.29 is 9.59 Å². The van der Waals surface area contributed by atoms with Gasteiger partial charge in [-0.25, -0.2) is 0 Å². The summed E-state index contributed by atoms with van der Waals surface area (Å²) in [6.07, 6.45) is 0.366. The Kier molecular flexibility index (Phi) is 6.95. The standard InChI is InChI=1S/C14H18ClN3O2.ClH/c15-12-3-1-11(2-4-12)14(20)18-9-7-17(8-10-18)13(19)5-6-16;/h1-4H,5-10,16H2;1H. The molecule has 7 heteroatoms. The van der Waals surface area contributed by atoms with E-state index < -0.39 is 0 Å². The van der Waals surface area contributed by atoms with Crippen LogP contribution < -0.4 is 5.73 Å². The summed E-state index contributed by atoms with van der Waals surface area (Å²) in [7, 11) is 0. The van der Waals surface area contributed by atoms with E-state index in [-0.39, 0.29) is 24.2 Å². The normalized spacial score (nSPS) is 14.6. The summed E-state index contributed by atoms with van der Waals surface area (Å²) in [6, 6.07) is 6.85. The number of hydrogen-bond acceptors (Lipinski definition) is 3. The third kappa shape index (κ3) is 4.59. The Morgan fingerprint density at radius 1 is 1.05 bits per heavy atom. The van der Waals surface area contributed by atoms with Gasteiger partial charge in [-0.15, -0.1) is 12.4 Å². The summed E-state index contributed by atoms with van der Waals surface area (Å²) >= 11 is 5.81. The van der Waals surface area contributed by atoms with Gasteiger partial charge in [-0.1, -0.05) is 11.6 Å². The molecule has 0 saturated carbocycles. The monoisotopic (exact) mass is 331 g/mol. The maximum absolute atomic E-state index is 12.3. The molecule has 1 aliphatic heterocycles. The lowest BCUT2D eigenvalue weighted by Gasteiger charge is -2.34. The molecular weight excluding hydrogens is 313 g/mol. The number of rotatable bonds is 3. The average molecular weight is 332 g/mol. The molecule has 1 heterocycles. The van der Waals surface area contributed by atoms with E-state index in [2.05, 4.69) is 0 Å². The first-order valence-corrected chi connectivity index (χ1v) is 7.02. The molecule has 0 radical (unpaired) electrons. The Morgan fingerprint density at radius 2 is 1.57 bits per heavy atom. The van der Waals surface area contributed by atoms with Crippen LogP contribution in [0.15, 0.2) is 24.3 Å². The average Bonchev–Trinajstić information content (AvgIpc) is 2.48. The highest BCUT2D eigenvalue weighted by Gasteiger charge is 2.24. The number of halogens is 2. The van der Waals surface area contributed by atoms with Gasteiger partial charge in [-0.3, -0.25) is 9.59 Å². The van der Waals surface area contributed by atoms with E-state index in [1.54, 1.807) is 34.1 Å². The van der Waals surface area contributed by atoms with Crippen LogP contribution in [0.2, 0.25) is 5.02 Å². The van der Waals surface area contributed by atoms with E-state index in [0.29, 0.717) is 49.7 Å². The fraction of sp³-hybridized carbons (Fsp3) is 0.429. The summed E-state index contributed by atoms with van der Waals surface area (Å²) in [4.78, 5) is 27.5. The molecule has 1 saturated heterocycles. The molecule has 1 aliphatic rings. The minimum Gasteiger partial charge on any atom is -0.339 e. The number of amides is 2. The van der Waals surface area contributed by atoms with E-state index >= 15 is 0 Å². The summed E-state index contributed by atoms with van der Waals surface area (Å²) in [5.41, 5.74) is 6.00. The molecule has 0 spiro atoms. The molecule has 0 aliphatic carbocycles. The van der Waals surface area contributed by atoms with Gasteiger partial charge in [-0.05, 0) is 24.3 Å². The molecule has 0 aromatic heterocycles. The van der Waals surface area contributed by atoms with Gasteiger partial charge in [0.25, 0.3) is 5.91 Å². The fourth-order valence-electron chi connectivity index (χ4n) is 2.22. The van der Waals surface area contributed by atoms with E-state index in [0.717, 1.165) is 0 Å². The van der Waals surface area contributed by atoms with Crippen molar-refractivity contribution in [2.75, 3.05) is 32.7 Å². The van der Waals surface area contributed by atoms with Gasteiger partial charge in [0.05, 0.1) is 0 Å². The van der Waals surface area contributed by atoms with Crippen LogP contribution in [0, 0.1) is 0 Å². The molecule has 5 nitrogen and oxygen atoms in total. The zero-order valence-corrected chi connectivity index (χ0v) is 13.2. The molecule has 1 aromatic carbocycles. The third-order valence-electron chi connectivity index (χ3n) is 3.37. The quantitative estimate of drug-likeness (QED) is 0.910. The fourth-order valence-corrected chi connectivity index (χ4v) is 2.34. The molecule has 1 aromatic rings. The Morgan fingerprint density at radius 3 is 2.10 bits per heavy atom. The van der Waals surface area contributed by atoms with E-state index in [9.17, 15) is 9.59 Å². The molecular formula is C14H19Cl2N3O2. The smallest absolute Gasteiger partial charge is 0.253 e. The summed E-state index contributed by atoms with van der Waals surface area (Å²) in [6.45, 7) is 2.61. The maximum atomic E-state index is 12.3. The highest BCUT2D eigenvalue weighted by molar-refractivity contribution is 6.30.